The molecule has 1 aliphatic heterocycles. The summed E-state index contributed by atoms with van der Waals surface area (Å²) in [7, 11) is 0. The standard InChI is InChI=1S/C5H3F6O/c6-3(7)1-2-12-5(10,11)4(3,8)9/h1H,2H2. The van der Waals surface area contributed by atoms with Gasteiger partial charge in [-0.3, -0.25) is 0 Å². The molecule has 12 heavy (non-hydrogen) atoms. The maximum Gasteiger partial charge on any atom is 0.425 e. The van der Waals surface area contributed by atoms with E-state index in [-0.39, 0.29) is 6.42 Å². The second-order valence-electron chi connectivity index (χ2n) is 2.23. The average Bonchev–Trinajstić information content (AvgIpc) is 1.83. The molecule has 0 spiro atoms. The normalized spacial score (nSPS) is 31.5. The molecule has 0 saturated carbocycles. The van der Waals surface area contributed by atoms with Crippen LogP contribution in [0.25, 0.3) is 0 Å². The van der Waals surface area contributed by atoms with Crippen molar-refractivity contribution < 1.29 is 31.1 Å². The van der Waals surface area contributed by atoms with Crippen molar-refractivity contribution in [3.8, 4) is 0 Å². The van der Waals surface area contributed by atoms with E-state index >= 15 is 0 Å². The predicted octanol–water partition coefficient (Wildman–Crippen LogP) is 2.08. The maximum atomic E-state index is 12.1. The lowest BCUT2D eigenvalue weighted by Crippen LogP contribution is -2.59. The van der Waals surface area contributed by atoms with Crippen LogP contribution in [0.4, 0.5) is 26.3 Å². The minimum absolute atomic E-state index is 0.287. The van der Waals surface area contributed by atoms with Gasteiger partial charge in [0.15, 0.2) is 0 Å². The van der Waals surface area contributed by atoms with Crippen molar-refractivity contribution in [1.29, 1.82) is 0 Å². The van der Waals surface area contributed by atoms with Crippen molar-refractivity contribution in [3.05, 3.63) is 6.42 Å². The lowest BCUT2D eigenvalue weighted by atomic mass is 10.1. The summed E-state index contributed by atoms with van der Waals surface area (Å²) in [5.41, 5.74) is 0. The molecule has 1 aliphatic rings. The number of alkyl halides is 6. The molecule has 7 heteroatoms. The van der Waals surface area contributed by atoms with Gasteiger partial charge in [0.25, 0.3) is 0 Å². The summed E-state index contributed by atoms with van der Waals surface area (Å²) < 4.78 is 75.6. The first-order chi connectivity index (χ1) is 5.21. The van der Waals surface area contributed by atoms with Gasteiger partial charge < -0.3 is 4.74 Å². The highest BCUT2D eigenvalue weighted by Crippen LogP contribution is 2.50. The van der Waals surface area contributed by atoms with Crippen LogP contribution in [0.5, 0.6) is 0 Å². The van der Waals surface area contributed by atoms with E-state index in [1.54, 1.807) is 0 Å². The highest BCUT2D eigenvalue weighted by atomic mass is 19.3. The van der Waals surface area contributed by atoms with E-state index in [1.807, 2.05) is 0 Å². The van der Waals surface area contributed by atoms with Crippen molar-refractivity contribution in [2.24, 2.45) is 0 Å². The first-order valence-corrected chi connectivity index (χ1v) is 2.82. The molecule has 0 N–H and O–H groups in total. The van der Waals surface area contributed by atoms with Crippen molar-refractivity contribution in [2.75, 3.05) is 6.61 Å². The van der Waals surface area contributed by atoms with E-state index in [9.17, 15) is 26.3 Å². The van der Waals surface area contributed by atoms with Crippen LogP contribution in [0.15, 0.2) is 0 Å². The number of halogens is 6. The Balaban J connectivity index is 2.99. The van der Waals surface area contributed by atoms with Crippen molar-refractivity contribution >= 4 is 0 Å². The van der Waals surface area contributed by atoms with Crippen molar-refractivity contribution in [2.45, 2.75) is 18.0 Å². The molecule has 1 nitrogen and oxygen atoms in total. The van der Waals surface area contributed by atoms with Crippen LogP contribution < -0.4 is 0 Å². The summed E-state index contributed by atoms with van der Waals surface area (Å²) in [6, 6.07) is 0. The quantitative estimate of drug-likeness (QED) is 0.535. The molecule has 0 aromatic heterocycles. The topological polar surface area (TPSA) is 9.23 Å². The minimum atomic E-state index is -5.47. The lowest BCUT2D eigenvalue weighted by molar-refractivity contribution is -0.410. The van der Waals surface area contributed by atoms with Crippen LogP contribution >= 0.6 is 0 Å². The summed E-state index contributed by atoms with van der Waals surface area (Å²) in [5.74, 6) is -10.3. The van der Waals surface area contributed by atoms with Gasteiger partial charge in [0.1, 0.15) is 0 Å². The van der Waals surface area contributed by atoms with E-state index < -0.39 is 24.6 Å². The first-order valence-electron chi connectivity index (χ1n) is 2.82. The van der Waals surface area contributed by atoms with E-state index in [0.29, 0.717) is 0 Å². The Morgan fingerprint density at radius 3 is 1.83 bits per heavy atom. The Hall–Kier alpha value is -0.460. The van der Waals surface area contributed by atoms with Gasteiger partial charge in [0, 0.05) is 0 Å². The zero-order valence-corrected chi connectivity index (χ0v) is 5.46. The molecular weight excluding hydrogens is 190 g/mol. The summed E-state index contributed by atoms with van der Waals surface area (Å²) in [6.45, 7) is -1.20. The molecule has 0 aromatic carbocycles. The third-order valence-electron chi connectivity index (χ3n) is 1.39. The smallest absolute Gasteiger partial charge is 0.315 e. The monoisotopic (exact) mass is 193 g/mol. The molecule has 0 bridgehead atoms. The second kappa shape index (κ2) is 2.27. The molecule has 1 radical (unpaired) electrons. The SMILES string of the molecule is FC1(F)[CH]COC(F)(F)C1(F)F. The number of hydrogen-bond donors (Lipinski definition) is 0. The largest absolute Gasteiger partial charge is 0.425 e. The van der Waals surface area contributed by atoms with Gasteiger partial charge in [0.2, 0.25) is 0 Å². The van der Waals surface area contributed by atoms with Crippen molar-refractivity contribution in [1.82, 2.24) is 0 Å². The van der Waals surface area contributed by atoms with Gasteiger partial charge in [-0.05, 0) is 0 Å². The fourth-order valence-electron chi connectivity index (χ4n) is 0.664. The van der Waals surface area contributed by atoms with Crippen LogP contribution in [-0.2, 0) is 4.74 Å². The highest BCUT2D eigenvalue weighted by Gasteiger charge is 2.75. The van der Waals surface area contributed by atoms with Crippen molar-refractivity contribution in [3.63, 3.8) is 0 Å². The molecule has 0 unspecified atom stereocenters. The minimum Gasteiger partial charge on any atom is -0.315 e. The number of ether oxygens (including phenoxy) is 1. The third kappa shape index (κ3) is 1.07. The summed E-state index contributed by atoms with van der Waals surface area (Å²) in [6.07, 6.45) is -5.39. The Morgan fingerprint density at radius 2 is 1.50 bits per heavy atom. The van der Waals surface area contributed by atoms with Crippen LogP contribution in [0, 0.1) is 6.42 Å². The molecule has 0 aliphatic carbocycles. The maximum absolute atomic E-state index is 12.1. The molecule has 71 valence electrons. The van der Waals surface area contributed by atoms with E-state index in [2.05, 4.69) is 4.74 Å². The molecule has 1 saturated heterocycles. The Bertz CT molecular complexity index is 170. The zero-order chi connectivity index (χ0) is 9.62. The van der Waals surface area contributed by atoms with Gasteiger partial charge >= 0.3 is 18.0 Å². The van der Waals surface area contributed by atoms with Gasteiger partial charge in [-0.25, -0.2) is 0 Å². The average molecular weight is 193 g/mol. The van der Waals surface area contributed by atoms with Gasteiger partial charge in [-0.2, -0.15) is 26.3 Å². The van der Waals surface area contributed by atoms with Crippen LogP contribution in [0.1, 0.15) is 0 Å². The Morgan fingerprint density at radius 1 is 1.00 bits per heavy atom. The van der Waals surface area contributed by atoms with E-state index in [0.717, 1.165) is 0 Å². The van der Waals surface area contributed by atoms with Gasteiger partial charge in [-0.15, -0.1) is 0 Å². The van der Waals surface area contributed by atoms with E-state index in [1.165, 1.54) is 0 Å². The molecule has 1 rings (SSSR count). The molecule has 1 fully saturated rings. The molecule has 0 aromatic rings. The van der Waals surface area contributed by atoms with Gasteiger partial charge in [0.05, 0.1) is 13.0 Å². The number of rotatable bonds is 0. The highest BCUT2D eigenvalue weighted by molar-refractivity contribution is 5.04. The summed E-state index contributed by atoms with van der Waals surface area (Å²) >= 11 is 0. The molecule has 0 amide bonds. The summed E-state index contributed by atoms with van der Waals surface area (Å²) in [5, 5.41) is 0. The molecule has 0 atom stereocenters. The predicted molar refractivity (Wildman–Crippen MR) is 25.1 cm³/mol. The Labute approximate surface area is 63.3 Å². The number of hydrogen-bond acceptors (Lipinski definition) is 1. The first kappa shape index (κ1) is 9.63. The van der Waals surface area contributed by atoms with Crippen LogP contribution in [-0.4, -0.2) is 24.6 Å². The van der Waals surface area contributed by atoms with Crippen LogP contribution in [0.2, 0.25) is 0 Å². The third-order valence-corrected chi connectivity index (χ3v) is 1.39. The van der Waals surface area contributed by atoms with Gasteiger partial charge in [-0.1, -0.05) is 0 Å². The fraction of sp³-hybridized carbons (Fsp3) is 0.800. The lowest BCUT2D eigenvalue weighted by Gasteiger charge is -2.36. The molecule has 1 heterocycles. The van der Waals surface area contributed by atoms with Crippen LogP contribution in [0.3, 0.4) is 0 Å². The zero-order valence-electron chi connectivity index (χ0n) is 5.46. The van der Waals surface area contributed by atoms with E-state index in [4.69, 9.17) is 0 Å². The fourth-order valence-corrected chi connectivity index (χ4v) is 0.664. The molecular formula is C5H3F6O. The second-order valence-corrected chi connectivity index (χ2v) is 2.23. The Kier molecular flexibility index (Phi) is 1.82. The summed E-state index contributed by atoms with van der Waals surface area (Å²) in [4.78, 5) is 0.